The van der Waals surface area contributed by atoms with Crippen LogP contribution in [0.4, 0.5) is 0 Å². The van der Waals surface area contributed by atoms with Gasteiger partial charge in [0, 0.05) is 102 Å². The molecule has 0 amide bonds. The first-order valence-electron chi connectivity index (χ1n) is 37.0. The third kappa shape index (κ3) is 9.63. The fourth-order valence-corrected chi connectivity index (χ4v) is 18.5. The predicted molar refractivity (Wildman–Crippen MR) is 418 cm³/mol. The maximum atomic E-state index is 6.87. The van der Waals surface area contributed by atoms with Crippen molar-refractivity contribution in [3.05, 3.63) is 255 Å². The quantitative estimate of drug-likeness (QED) is 0.155. The number of benzene rings is 7. The normalized spacial score (nSPS) is 14.9. The van der Waals surface area contributed by atoms with Gasteiger partial charge in [-0.3, -0.25) is 0 Å². The van der Waals surface area contributed by atoms with E-state index < -0.39 is 0 Å². The molecule has 0 atom stereocenters. The molecular weight excluding hydrogens is 1250 g/mol. The van der Waals surface area contributed by atoms with Crippen LogP contribution in [0.1, 0.15) is 185 Å². The molecule has 4 aliphatic carbocycles. The molecule has 8 heteroatoms. The summed E-state index contributed by atoms with van der Waals surface area (Å²) < 4.78 is 26.8. The van der Waals surface area contributed by atoms with Crippen LogP contribution in [-0.4, -0.2) is 9.97 Å². The second-order valence-electron chi connectivity index (χ2n) is 32.0. The fraction of sp³-hybridized carbons (Fsp3) is 0.287. The van der Waals surface area contributed by atoms with E-state index in [1.54, 1.807) is 0 Å². The van der Waals surface area contributed by atoms with Crippen LogP contribution in [0.3, 0.4) is 0 Å². The lowest BCUT2D eigenvalue weighted by Gasteiger charge is -2.24. The van der Waals surface area contributed by atoms with Gasteiger partial charge in [-0.05, 0) is 142 Å². The molecule has 0 radical (unpaired) electrons. The molecule has 8 aromatic heterocycles. The summed E-state index contributed by atoms with van der Waals surface area (Å²) in [5, 5.41) is 6.94. The average molecular weight is 1340 g/mol. The summed E-state index contributed by atoms with van der Waals surface area (Å²) in [6.07, 6.45) is 13.5. The van der Waals surface area contributed by atoms with E-state index in [1.165, 1.54) is 171 Å². The Morgan fingerprint density at radius 2 is 0.882 bits per heavy atom. The summed E-state index contributed by atoms with van der Waals surface area (Å²) in [7, 11) is 6.38. The summed E-state index contributed by atoms with van der Waals surface area (Å²) >= 11 is 0. The Hall–Kier alpha value is -10.3. The van der Waals surface area contributed by atoms with E-state index in [1.807, 2.05) is 6.20 Å². The van der Waals surface area contributed by atoms with Crippen molar-refractivity contribution in [2.24, 2.45) is 21.1 Å². The average Bonchev–Trinajstić information content (AvgIpc) is 1.56. The Labute approximate surface area is 599 Å². The van der Waals surface area contributed by atoms with Gasteiger partial charge in [-0.1, -0.05) is 203 Å². The molecule has 0 bridgehead atoms. The minimum Gasteiger partial charge on any atom is -0.454 e. The lowest BCUT2D eigenvalue weighted by Crippen LogP contribution is -2.32. The predicted octanol–water partition coefficient (Wildman–Crippen LogP) is 23.1. The third-order valence-electron chi connectivity index (χ3n) is 24.0. The van der Waals surface area contributed by atoms with Crippen molar-refractivity contribution >= 4 is 66.1 Å². The van der Waals surface area contributed by atoms with E-state index >= 15 is 0 Å². The fourth-order valence-electron chi connectivity index (χ4n) is 18.5. The van der Waals surface area contributed by atoms with Crippen LogP contribution >= 0.6 is 0 Å². The van der Waals surface area contributed by atoms with Crippen molar-refractivity contribution in [3.8, 4) is 67.2 Å². The lowest BCUT2D eigenvalue weighted by atomic mass is 9.79. The Balaban J connectivity index is 0.000000114. The van der Waals surface area contributed by atoms with Gasteiger partial charge in [-0.15, -0.1) is 0 Å². The van der Waals surface area contributed by atoms with Crippen molar-refractivity contribution in [2.75, 3.05) is 0 Å². The maximum absolute atomic E-state index is 6.87. The molecule has 0 unspecified atom stereocenters. The Morgan fingerprint density at radius 1 is 0.402 bits per heavy atom. The van der Waals surface area contributed by atoms with Crippen molar-refractivity contribution in [1.82, 2.24) is 9.97 Å². The molecular formula is C94H92N5O3+3. The van der Waals surface area contributed by atoms with Crippen LogP contribution in [-0.2, 0) is 37.4 Å². The number of nitrogens with zero attached hydrogens (tertiary/aromatic N) is 5. The molecule has 7 aromatic carbocycles. The Morgan fingerprint density at radius 3 is 1.47 bits per heavy atom. The number of pyridine rings is 5. The lowest BCUT2D eigenvalue weighted by molar-refractivity contribution is -0.660. The van der Waals surface area contributed by atoms with E-state index in [-0.39, 0.29) is 16.2 Å². The van der Waals surface area contributed by atoms with E-state index in [2.05, 4.69) is 308 Å². The maximum Gasteiger partial charge on any atom is 0.227 e. The highest BCUT2D eigenvalue weighted by molar-refractivity contribution is 6.16. The summed E-state index contributed by atoms with van der Waals surface area (Å²) in [6, 6.07) is 58.1. The van der Waals surface area contributed by atoms with Crippen LogP contribution in [0, 0.1) is 27.7 Å². The molecule has 1 fully saturated rings. The molecule has 102 heavy (non-hydrogen) atoms. The third-order valence-corrected chi connectivity index (χ3v) is 24.0. The van der Waals surface area contributed by atoms with Crippen molar-refractivity contribution in [2.45, 2.75) is 157 Å². The molecule has 15 aromatic rings. The summed E-state index contributed by atoms with van der Waals surface area (Å²) in [6.45, 7) is 31.5. The molecule has 19 rings (SSSR count). The number of hydrogen-bond acceptors (Lipinski definition) is 5. The minimum absolute atomic E-state index is 0.0337. The van der Waals surface area contributed by atoms with Crippen LogP contribution in [0.25, 0.3) is 133 Å². The van der Waals surface area contributed by atoms with Gasteiger partial charge < -0.3 is 13.3 Å². The Bertz CT molecular complexity index is 6040. The van der Waals surface area contributed by atoms with E-state index in [0.717, 1.165) is 60.9 Å². The zero-order chi connectivity index (χ0) is 70.9. The van der Waals surface area contributed by atoms with E-state index in [4.69, 9.17) is 23.2 Å². The first kappa shape index (κ1) is 65.0. The topological polar surface area (TPSA) is 76.8 Å². The van der Waals surface area contributed by atoms with Gasteiger partial charge in [0.05, 0.1) is 27.8 Å². The molecule has 0 aliphatic heterocycles. The van der Waals surface area contributed by atoms with E-state index in [0.29, 0.717) is 17.8 Å². The molecule has 1 saturated carbocycles. The molecule has 4 aliphatic rings. The highest BCUT2D eigenvalue weighted by atomic mass is 16.3. The number of hydrogen-bond donors (Lipinski definition) is 0. The monoisotopic (exact) mass is 1340 g/mol. The first-order valence-corrected chi connectivity index (χ1v) is 37.0. The second kappa shape index (κ2) is 23.6. The highest BCUT2D eigenvalue weighted by Gasteiger charge is 2.47. The molecule has 8 nitrogen and oxygen atoms in total. The first-order chi connectivity index (χ1) is 49.0. The van der Waals surface area contributed by atoms with Crippen LogP contribution in [0.15, 0.2) is 196 Å². The van der Waals surface area contributed by atoms with E-state index in [9.17, 15) is 0 Å². The van der Waals surface area contributed by atoms with Crippen LogP contribution in [0.5, 0.6) is 0 Å². The van der Waals surface area contributed by atoms with Gasteiger partial charge in [0.2, 0.25) is 28.5 Å². The number of fused-ring (bicyclic) bond motifs is 22. The van der Waals surface area contributed by atoms with Gasteiger partial charge >= 0.3 is 0 Å². The minimum atomic E-state index is -0.114. The zero-order valence-electron chi connectivity index (χ0n) is 62.3. The number of aryl methyl sites for hydroxylation is 7. The molecule has 508 valence electrons. The number of furan rings is 3. The summed E-state index contributed by atoms with van der Waals surface area (Å²) in [5.74, 6) is 1.43. The Kier molecular flexibility index (Phi) is 15.1. The second-order valence-corrected chi connectivity index (χ2v) is 32.0. The molecule has 0 N–H and O–H groups in total. The van der Waals surface area contributed by atoms with Crippen molar-refractivity contribution < 1.29 is 27.0 Å². The van der Waals surface area contributed by atoms with Crippen molar-refractivity contribution in [3.63, 3.8) is 0 Å². The van der Waals surface area contributed by atoms with Crippen LogP contribution < -0.4 is 13.7 Å². The van der Waals surface area contributed by atoms with Gasteiger partial charge in [-0.25, -0.2) is 23.7 Å². The van der Waals surface area contributed by atoms with Crippen molar-refractivity contribution in [1.29, 1.82) is 0 Å². The summed E-state index contributed by atoms with van der Waals surface area (Å²) in [4.78, 5) is 10.1. The number of aromatic nitrogens is 5. The standard InChI is InChI=1S/C32H31N2O.C32H32NO.C30H29N2O/c1-19(2)21-13-16-34(4)27(17-21)28-20(3)11-12-23-25-18-24-22-9-5-6-10-26(22)32(14-7-8-15-32)30(24)33-31(25)35-29(23)28;1-18(2)24-17-33(7)27(16-20(24)4)28-19(3)12-13-21-22-14-15-26-29(31(22)34-30(21)28)23-10-8-9-11-25(23)32(26,5)6;1-17(2)19-13-14-32(6)24(15-19)25-18(3)11-12-21-26-27-22(16-31-29(26)33-28(21)25)20-9-7-8-10-23(20)30(27,4)5/h5-6,9-13,16-19H,7-8,14-15H2,1-4H3;8-18H,1-7H3;7-17H,1-6H3/q3*+1. The van der Waals surface area contributed by atoms with Gasteiger partial charge in [0.15, 0.2) is 29.8 Å². The molecule has 1 spiro atoms. The number of rotatable bonds is 6. The van der Waals surface area contributed by atoms with Gasteiger partial charge in [-0.2, -0.15) is 0 Å². The highest BCUT2D eigenvalue weighted by Crippen LogP contribution is 2.59. The van der Waals surface area contributed by atoms with Gasteiger partial charge in [0.25, 0.3) is 0 Å². The smallest absolute Gasteiger partial charge is 0.227 e. The SMILES string of the molecule is Cc1cc(-c2c(C)ccc3c2oc2c4c(ccc23)C(C)(C)c2ccccc2-4)[n+](C)cc1C(C)C.Cc1ccc2c(oc3nc4c(cc32)-c2ccccc2C42CCCC2)c1-c1cc(C(C)C)cc[n+]1C.Cc1ccc2c(oc3ncc4c(c32)C(C)(C)c2ccccc2-4)c1-c1cc(C(C)C)cc[n+]1C. The van der Waals surface area contributed by atoms with Gasteiger partial charge in [0.1, 0.15) is 32.3 Å². The molecule has 8 heterocycles. The van der Waals surface area contributed by atoms with Crippen LogP contribution in [0.2, 0.25) is 0 Å². The summed E-state index contributed by atoms with van der Waals surface area (Å²) in [5.41, 5.74) is 37.2. The zero-order valence-corrected chi connectivity index (χ0v) is 62.3. The molecule has 0 saturated heterocycles. The largest absolute Gasteiger partial charge is 0.454 e.